The molecule has 116 valence electrons. The van der Waals surface area contributed by atoms with Gasteiger partial charge in [-0.15, -0.1) is 11.3 Å². The van der Waals surface area contributed by atoms with E-state index < -0.39 is 5.91 Å². The summed E-state index contributed by atoms with van der Waals surface area (Å²) < 4.78 is 5.67. The minimum Gasteiger partial charge on any atom is -0.374 e. The van der Waals surface area contributed by atoms with E-state index in [0.717, 1.165) is 18.7 Å². The standard InChI is InChI=1S/C14H21N3O3S/c1-10-3-6-21-13(10)14(19)17(9-12(15)18)8-11-7-16(2)4-5-20-11/h3,6,11H,4-5,7-9H2,1-2H3,(H2,15,18). The van der Waals surface area contributed by atoms with Gasteiger partial charge >= 0.3 is 0 Å². The highest BCUT2D eigenvalue weighted by Crippen LogP contribution is 2.18. The lowest BCUT2D eigenvalue weighted by molar-refractivity contribution is -0.119. The fourth-order valence-corrected chi connectivity index (χ4v) is 3.26. The van der Waals surface area contributed by atoms with E-state index in [1.54, 1.807) is 0 Å². The Morgan fingerprint density at radius 2 is 2.33 bits per heavy atom. The van der Waals surface area contributed by atoms with Gasteiger partial charge in [0.1, 0.15) is 0 Å². The molecule has 1 aromatic rings. The lowest BCUT2D eigenvalue weighted by Gasteiger charge is -2.33. The van der Waals surface area contributed by atoms with E-state index in [4.69, 9.17) is 10.5 Å². The second-order valence-electron chi connectivity index (χ2n) is 5.34. The number of hydrogen-bond donors (Lipinski definition) is 1. The van der Waals surface area contributed by atoms with Crippen LogP contribution in [0.15, 0.2) is 11.4 Å². The Hall–Kier alpha value is -1.44. The second-order valence-corrected chi connectivity index (χ2v) is 6.26. The van der Waals surface area contributed by atoms with Crippen molar-refractivity contribution in [3.8, 4) is 0 Å². The Kier molecular flexibility index (Phi) is 5.33. The van der Waals surface area contributed by atoms with E-state index in [9.17, 15) is 9.59 Å². The lowest BCUT2D eigenvalue weighted by atomic mass is 10.2. The average Bonchev–Trinajstić information content (AvgIpc) is 2.83. The molecule has 2 amide bonds. The molecule has 6 nitrogen and oxygen atoms in total. The smallest absolute Gasteiger partial charge is 0.264 e. The predicted octanol–water partition coefficient (Wildman–Crippen LogP) is 0.315. The van der Waals surface area contributed by atoms with E-state index in [1.807, 2.05) is 25.4 Å². The molecule has 2 heterocycles. The molecule has 1 aliphatic rings. The maximum absolute atomic E-state index is 12.6. The highest BCUT2D eigenvalue weighted by molar-refractivity contribution is 7.12. The predicted molar refractivity (Wildman–Crippen MR) is 81.4 cm³/mol. The first-order chi connectivity index (χ1) is 9.97. The summed E-state index contributed by atoms with van der Waals surface area (Å²) in [6, 6.07) is 1.89. The summed E-state index contributed by atoms with van der Waals surface area (Å²) in [5.41, 5.74) is 6.19. The number of rotatable bonds is 5. The van der Waals surface area contributed by atoms with Crippen molar-refractivity contribution in [1.82, 2.24) is 9.80 Å². The first-order valence-electron chi connectivity index (χ1n) is 6.89. The molecular formula is C14H21N3O3S. The molecule has 1 aliphatic heterocycles. The van der Waals surface area contributed by atoms with Gasteiger partial charge in [0.2, 0.25) is 5.91 Å². The summed E-state index contributed by atoms with van der Waals surface area (Å²) in [6.07, 6.45) is -0.0904. The zero-order valence-corrected chi connectivity index (χ0v) is 13.2. The van der Waals surface area contributed by atoms with Crippen LogP contribution in [0.5, 0.6) is 0 Å². The van der Waals surface area contributed by atoms with Crippen LogP contribution >= 0.6 is 11.3 Å². The molecule has 7 heteroatoms. The number of aryl methyl sites for hydroxylation is 1. The van der Waals surface area contributed by atoms with Gasteiger partial charge < -0.3 is 20.3 Å². The van der Waals surface area contributed by atoms with Crippen LogP contribution in [-0.2, 0) is 9.53 Å². The molecule has 0 aromatic carbocycles. The fourth-order valence-electron chi connectivity index (χ4n) is 2.37. The molecule has 0 bridgehead atoms. The van der Waals surface area contributed by atoms with Gasteiger partial charge in [0, 0.05) is 19.6 Å². The Labute approximate surface area is 128 Å². The minimum absolute atomic E-state index is 0.0836. The van der Waals surface area contributed by atoms with Crippen molar-refractivity contribution in [3.63, 3.8) is 0 Å². The summed E-state index contributed by atoms with van der Waals surface area (Å²) in [5, 5.41) is 1.87. The van der Waals surface area contributed by atoms with Crippen molar-refractivity contribution in [2.24, 2.45) is 5.73 Å². The number of nitrogens with two attached hydrogens (primary N) is 1. The monoisotopic (exact) mass is 311 g/mol. The maximum atomic E-state index is 12.6. The molecule has 1 fully saturated rings. The van der Waals surface area contributed by atoms with Gasteiger partial charge in [0.25, 0.3) is 5.91 Å². The van der Waals surface area contributed by atoms with Gasteiger partial charge in [-0.25, -0.2) is 0 Å². The summed E-state index contributed by atoms with van der Waals surface area (Å²) in [4.78, 5) is 28.1. The zero-order chi connectivity index (χ0) is 15.4. The van der Waals surface area contributed by atoms with Crippen LogP contribution < -0.4 is 5.73 Å². The number of carbonyl (C=O) groups is 2. The Bertz CT molecular complexity index is 517. The second kappa shape index (κ2) is 7.02. The first kappa shape index (κ1) is 15.9. The van der Waals surface area contributed by atoms with Crippen LogP contribution in [0.1, 0.15) is 15.2 Å². The van der Waals surface area contributed by atoms with Crippen molar-refractivity contribution in [3.05, 3.63) is 21.9 Å². The number of thiophene rings is 1. The molecule has 2 rings (SSSR count). The molecule has 1 saturated heterocycles. The zero-order valence-electron chi connectivity index (χ0n) is 12.4. The maximum Gasteiger partial charge on any atom is 0.264 e. The highest BCUT2D eigenvalue weighted by atomic mass is 32.1. The Morgan fingerprint density at radius 3 is 2.90 bits per heavy atom. The molecule has 0 saturated carbocycles. The van der Waals surface area contributed by atoms with Crippen molar-refractivity contribution in [2.45, 2.75) is 13.0 Å². The van der Waals surface area contributed by atoms with Gasteiger partial charge in [0.15, 0.2) is 0 Å². The van der Waals surface area contributed by atoms with Crippen molar-refractivity contribution in [1.29, 1.82) is 0 Å². The Balaban J connectivity index is 2.08. The Morgan fingerprint density at radius 1 is 1.57 bits per heavy atom. The van der Waals surface area contributed by atoms with E-state index in [-0.39, 0.29) is 18.6 Å². The normalized spacial score (nSPS) is 19.4. The van der Waals surface area contributed by atoms with E-state index in [2.05, 4.69) is 4.90 Å². The minimum atomic E-state index is -0.512. The van der Waals surface area contributed by atoms with Crippen LogP contribution in [0, 0.1) is 6.92 Å². The molecule has 0 radical (unpaired) electrons. The molecule has 2 N–H and O–H groups in total. The molecule has 1 aromatic heterocycles. The number of morpholine rings is 1. The number of primary amides is 1. The van der Waals surface area contributed by atoms with Crippen molar-refractivity contribution >= 4 is 23.2 Å². The van der Waals surface area contributed by atoms with Gasteiger partial charge in [-0.1, -0.05) is 0 Å². The summed E-state index contributed by atoms with van der Waals surface area (Å²) in [6.45, 7) is 4.44. The van der Waals surface area contributed by atoms with Gasteiger partial charge in [0.05, 0.1) is 24.1 Å². The summed E-state index contributed by atoms with van der Waals surface area (Å²) in [7, 11) is 2.01. The molecule has 1 atom stereocenters. The van der Waals surface area contributed by atoms with Crippen LogP contribution in [0.2, 0.25) is 0 Å². The molecule has 1 unspecified atom stereocenters. The number of nitrogens with zero attached hydrogens (tertiary/aromatic N) is 2. The van der Waals surface area contributed by atoms with Crippen LogP contribution in [0.3, 0.4) is 0 Å². The molecule has 0 aliphatic carbocycles. The third kappa shape index (κ3) is 4.26. The van der Waals surface area contributed by atoms with Crippen LogP contribution in [0.4, 0.5) is 0 Å². The third-order valence-corrected chi connectivity index (χ3v) is 4.46. The topological polar surface area (TPSA) is 75.9 Å². The van der Waals surface area contributed by atoms with E-state index in [0.29, 0.717) is 18.0 Å². The number of ether oxygens (including phenoxy) is 1. The third-order valence-electron chi connectivity index (χ3n) is 3.46. The van der Waals surface area contributed by atoms with Crippen LogP contribution in [-0.4, -0.2) is 67.6 Å². The van der Waals surface area contributed by atoms with Gasteiger partial charge in [-0.2, -0.15) is 0 Å². The number of hydrogen-bond acceptors (Lipinski definition) is 5. The first-order valence-corrected chi connectivity index (χ1v) is 7.77. The van der Waals surface area contributed by atoms with Crippen LogP contribution in [0.25, 0.3) is 0 Å². The number of likely N-dealkylation sites (N-methyl/N-ethyl adjacent to an activating group) is 1. The average molecular weight is 311 g/mol. The number of carbonyl (C=O) groups excluding carboxylic acids is 2. The van der Waals surface area contributed by atoms with E-state index >= 15 is 0 Å². The van der Waals surface area contributed by atoms with E-state index in [1.165, 1.54) is 16.2 Å². The quantitative estimate of drug-likeness (QED) is 0.849. The lowest BCUT2D eigenvalue weighted by Crippen LogP contribution is -2.49. The van der Waals surface area contributed by atoms with Gasteiger partial charge in [-0.05, 0) is 31.0 Å². The number of amides is 2. The van der Waals surface area contributed by atoms with Gasteiger partial charge in [-0.3, -0.25) is 9.59 Å². The molecular weight excluding hydrogens is 290 g/mol. The van der Waals surface area contributed by atoms with Crippen molar-refractivity contribution < 1.29 is 14.3 Å². The summed E-state index contributed by atoms with van der Waals surface area (Å²) in [5.74, 6) is -0.667. The molecule has 21 heavy (non-hydrogen) atoms. The summed E-state index contributed by atoms with van der Waals surface area (Å²) >= 11 is 1.38. The van der Waals surface area contributed by atoms with Crippen molar-refractivity contribution in [2.75, 3.05) is 39.8 Å². The molecule has 0 spiro atoms. The fraction of sp³-hybridized carbons (Fsp3) is 0.571. The SMILES string of the molecule is Cc1ccsc1C(=O)N(CC(N)=O)CC1CN(C)CCO1. The highest BCUT2D eigenvalue weighted by Gasteiger charge is 2.26. The largest absolute Gasteiger partial charge is 0.374 e.